The van der Waals surface area contributed by atoms with Gasteiger partial charge >= 0.3 is 0 Å². The molecule has 0 aliphatic rings. The Morgan fingerprint density at radius 2 is 1.79 bits per heavy atom. The molecule has 0 aliphatic carbocycles. The predicted octanol–water partition coefficient (Wildman–Crippen LogP) is 2.03. The Hall–Kier alpha value is -1.68. The number of Topliss-reactive ketones (excluding diaryl/α,β-unsaturated/α-hetero) is 1. The number of carbonyl (C=O) groups is 2. The summed E-state index contributed by atoms with van der Waals surface area (Å²) in [6.07, 6.45) is 0. The van der Waals surface area contributed by atoms with Crippen molar-refractivity contribution in [3.8, 4) is 0 Å². The van der Waals surface area contributed by atoms with Crippen LogP contribution in [0.25, 0.3) is 0 Å². The molecule has 0 bridgehead atoms. The van der Waals surface area contributed by atoms with E-state index in [-0.39, 0.29) is 24.2 Å². The van der Waals surface area contributed by atoms with Gasteiger partial charge in [0.25, 0.3) is 5.91 Å². The van der Waals surface area contributed by atoms with Crippen molar-refractivity contribution in [2.45, 2.75) is 33.3 Å². The maximum Gasteiger partial charge on any atom is 0.252 e. The van der Waals surface area contributed by atoms with Gasteiger partial charge in [-0.3, -0.25) is 9.59 Å². The highest BCUT2D eigenvalue weighted by molar-refractivity contribution is 6.07. The molecule has 4 nitrogen and oxygen atoms in total. The predicted molar refractivity (Wildman–Crippen MR) is 74.2 cm³/mol. The van der Waals surface area contributed by atoms with E-state index in [0.717, 1.165) is 0 Å². The highest BCUT2D eigenvalue weighted by atomic mass is 16.3. The van der Waals surface area contributed by atoms with Crippen LogP contribution in [-0.4, -0.2) is 28.9 Å². The minimum Gasteiger partial charge on any atom is -0.388 e. The zero-order valence-corrected chi connectivity index (χ0v) is 11.9. The molecule has 104 valence electrons. The topological polar surface area (TPSA) is 66.4 Å². The number of hydrogen-bond donors (Lipinski definition) is 2. The van der Waals surface area contributed by atoms with E-state index in [4.69, 9.17) is 0 Å². The molecule has 0 radical (unpaired) electrons. The average Bonchev–Trinajstić information content (AvgIpc) is 2.35. The minimum atomic E-state index is -0.971. The quantitative estimate of drug-likeness (QED) is 0.799. The van der Waals surface area contributed by atoms with Crippen molar-refractivity contribution in [3.05, 3.63) is 35.4 Å². The van der Waals surface area contributed by atoms with Crippen molar-refractivity contribution in [2.75, 3.05) is 6.54 Å². The van der Waals surface area contributed by atoms with Gasteiger partial charge in [0, 0.05) is 12.1 Å². The first kappa shape index (κ1) is 15.4. The Kier molecular flexibility index (Phi) is 4.84. The second kappa shape index (κ2) is 5.97. The van der Waals surface area contributed by atoms with Crippen LogP contribution in [0.3, 0.4) is 0 Å². The van der Waals surface area contributed by atoms with Gasteiger partial charge in [-0.25, -0.2) is 0 Å². The number of amides is 1. The number of aliphatic hydroxyl groups is 1. The lowest BCUT2D eigenvalue weighted by Crippen LogP contribution is -2.44. The summed E-state index contributed by atoms with van der Waals surface area (Å²) >= 11 is 0. The van der Waals surface area contributed by atoms with E-state index in [1.807, 2.05) is 13.8 Å². The molecule has 4 heteroatoms. The summed E-state index contributed by atoms with van der Waals surface area (Å²) in [5.74, 6) is -0.469. The maximum absolute atomic E-state index is 12.1. The van der Waals surface area contributed by atoms with Crippen LogP contribution in [0.4, 0.5) is 0 Å². The van der Waals surface area contributed by atoms with E-state index in [9.17, 15) is 14.7 Å². The molecule has 1 amide bonds. The molecule has 1 aromatic carbocycles. The second-order valence-corrected chi connectivity index (χ2v) is 5.30. The lowest BCUT2D eigenvalue weighted by atomic mass is 9.92. The van der Waals surface area contributed by atoms with Gasteiger partial charge in [-0.1, -0.05) is 32.0 Å². The van der Waals surface area contributed by atoms with E-state index < -0.39 is 5.60 Å². The summed E-state index contributed by atoms with van der Waals surface area (Å²) in [5, 5.41) is 12.8. The third kappa shape index (κ3) is 3.89. The van der Waals surface area contributed by atoms with Crippen molar-refractivity contribution in [2.24, 2.45) is 5.92 Å². The van der Waals surface area contributed by atoms with Crippen LogP contribution in [0.5, 0.6) is 0 Å². The van der Waals surface area contributed by atoms with Gasteiger partial charge in [0.2, 0.25) is 0 Å². The molecule has 1 atom stereocenters. The molecule has 1 aromatic rings. The zero-order valence-electron chi connectivity index (χ0n) is 11.9. The van der Waals surface area contributed by atoms with Gasteiger partial charge in [-0.05, 0) is 25.8 Å². The Labute approximate surface area is 113 Å². The maximum atomic E-state index is 12.1. The van der Waals surface area contributed by atoms with E-state index in [0.29, 0.717) is 11.1 Å². The number of benzene rings is 1. The Balaban J connectivity index is 2.83. The summed E-state index contributed by atoms with van der Waals surface area (Å²) in [6.45, 7) is 7.02. The summed E-state index contributed by atoms with van der Waals surface area (Å²) in [4.78, 5) is 23.5. The summed E-state index contributed by atoms with van der Waals surface area (Å²) in [6, 6.07) is 6.66. The summed E-state index contributed by atoms with van der Waals surface area (Å²) in [5.41, 5.74) is -0.236. The smallest absolute Gasteiger partial charge is 0.252 e. The number of rotatable bonds is 5. The summed E-state index contributed by atoms with van der Waals surface area (Å²) < 4.78 is 0. The molecular formula is C15H21NO3. The second-order valence-electron chi connectivity index (χ2n) is 5.30. The monoisotopic (exact) mass is 263 g/mol. The van der Waals surface area contributed by atoms with Gasteiger partial charge in [-0.2, -0.15) is 0 Å². The van der Waals surface area contributed by atoms with Crippen LogP contribution in [0, 0.1) is 5.92 Å². The molecule has 1 rings (SSSR count). The van der Waals surface area contributed by atoms with Crippen LogP contribution >= 0.6 is 0 Å². The van der Waals surface area contributed by atoms with Crippen LogP contribution in [0.2, 0.25) is 0 Å². The summed E-state index contributed by atoms with van der Waals surface area (Å²) in [7, 11) is 0. The standard InChI is InChI=1S/C15H21NO3/c1-10(2)15(4,19)9-16-14(18)13-8-6-5-7-12(13)11(3)17/h5-8,10,19H,9H2,1-4H3,(H,16,18). The van der Waals surface area contributed by atoms with Gasteiger partial charge in [0.05, 0.1) is 11.2 Å². The van der Waals surface area contributed by atoms with Crippen molar-refractivity contribution in [3.63, 3.8) is 0 Å². The molecule has 0 saturated carbocycles. The van der Waals surface area contributed by atoms with Gasteiger partial charge in [0.1, 0.15) is 0 Å². The first-order chi connectivity index (χ1) is 8.75. The van der Waals surface area contributed by atoms with Crippen LogP contribution in [0.15, 0.2) is 24.3 Å². The highest BCUT2D eigenvalue weighted by Crippen LogP contribution is 2.15. The molecule has 0 aliphatic heterocycles. The minimum absolute atomic E-state index is 0.0239. The van der Waals surface area contributed by atoms with Crippen molar-refractivity contribution in [1.82, 2.24) is 5.32 Å². The molecule has 1 unspecified atom stereocenters. The third-order valence-electron chi connectivity index (χ3n) is 3.40. The molecule has 0 spiro atoms. The Morgan fingerprint density at radius 1 is 1.26 bits per heavy atom. The first-order valence-corrected chi connectivity index (χ1v) is 6.36. The molecule has 0 fully saturated rings. The fourth-order valence-electron chi connectivity index (χ4n) is 1.55. The van der Waals surface area contributed by atoms with E-state index in [1.54, 1.807) is 31.2 Å². The SMILES string of the molecule is CC(=O)c1ccccc1C(=O)NCC(C)(O)C(C)C. The largest absolute Gasteiger partial charge is 0.388 e. The molecule has 0 heterocycles. The number of ketones is 1. The lowest BCUT2D eigenvalue weighted by Gasteiger charge is -2.27. The number of hydrogen-bond acceptors (Lipinski definition) is 3. The van der Waals surface area contributed by atoms with Crippen LogP contribution < -0.4 is 5.32 Å². The normalized spacial score (nSPS) is 14.0. The molecule has 2 N–H and O–H groups in total. The van der Waals surface area contributed by atoms with Gasteiger partial charge in [-0.15, -0.1) is 0 Å². The van der Waals surface area contributed by atoms with Crippen molar-refractivity contribution in [1.29, 1.82) is 0 Å². The zero-order chi connectivity index (χ0) is 14.6. The Morgan fingerprint density at radius 3 is 2.26 bits per heavy atom. The average molecular weight is 263 g/mol. The highest BCUT2D eigenvalue weighted by Gasteiger charge is 2.26. The lowest BCUT2D eigenvalue weighted by molar-refractivity contribution is 0.0142. The van der Waals surface area contributed by atoms with Crippen molar-refractivity contribution >= 4 is 11.7 Å². The molecule has 19 heavy (non-hydrogen) atoms. The van der Waals surface area contributed by atoms with E-state index in [2.05, 4.69) is 5.32 Å². The number of carbonyl (C=O) groups excluding carboxylic acids is 2. The first-order valence-electron chi connectivity index (χ1n) is 6.36. The van der Waals surface area contributed by atoms with Crippen LogP contribution in [0.1, 0.15) is 48.4 Å². The number of nitrogens with one attached hydrogen (secondary N) is 1. The molecule has 0 saturated heterocycles. The van der Waals surface area contributed by atoms with Crippen LogP contribution in [-0.2, 0) is 0 Å². The molecule has 0 aromatic heterocycles. The van der Waals surface area contributed by atoms with Gasteiger partial charge < -0.3 is 10.4 Å². The van der Waals surface area contributed by atoms with E-state index in [1.165, 1.54) is 6.92 Å². The van der Waals surface area contributed by atoms with Gasteiger partial charge in [0.15, 0.2) is 5.78 Å². The van der Waals surface area contributed by atoms with Crippen molar-refractivity contribution < 1.29 is 14.7 Å². The molecular weight excluding hydrogens is 242 g/mol. The van der Waals surface area contributed by atoms with E-state index >= 15 is 0 Å². The third-order valence-corrected chi connectivity index (χ3v) is 3.40. The fraction of sp³-hybridized carbons (Fsp3) is 0.467. The Bertz CT molecular complexity index is 478. The fourth-order valence-corrected chi connectivity index (χ4v) is 1.55.